The number of carbonyl (C=O) groups is 1. The summed E-state index contributed by atoms with van der Waals surface area (Å²) in [4.78, 5) is 21.3. The maximum Gasteiger partial charge on any atom is 0.274 e. The van der Waals surface area contributed by atoms with Gasteiger partial charge in [0.2, 0.25) is 0 Å². The zero-order valence-corrected chi connectivity index (χ0v) is 19.7. The van der Waals surface area contributed by atoms with Gasteiger partial charge in [-0.05, 0) is 67.1 Å². The number of rotatable bonds is 5. The molecule has 1 saturated heterocycles. The van der Waals surface area contributed by atoms with Gasteiger partial charge in [0.15, 0.2) is 0 Å². The van der Waals surface area contributed by atoms with Crippen LogP contribution in [-0.4, -0.2) is 40.2 Å². The molecule has 1 aliphatic carbocycles. The molecule has 1 fully saturated rings. The Balaban J connectivity index is 1.43. The molecular weight excluding hydrogens is 466 g/mol. The zero-order chi connectivity index (χ0) is 25.4. The number of nitrogens with one attached hydrogen (secondary N) is 1. The number of halogens is 2. The lowest BCUT2D eigenvalue weighted by Gasteiger charge is -2.27. The van der Waals surface area contributed by atoms with Crippen molar-refractivity contribution in [1.29, 1.82) is 0 Å². The topological polar surface area (TPSA) is 110 Å². The van der Waals surface area contributed by atoms with E-state index in [1.54, 1.807) is 12.4 Å². The first-order chi connectivity index (χ1) is 17.3. The molecule has 0 radical (unpaired) electrons. The molecule has 186 valence electrons. The summed E-state index contributed by atoms with van der Waals surface area (Å²) in [6.45, 7) is 2.88. The van der Waals surface area contributed by atoms with Crippen molar-refractivity contribution in [3.05, 3.63) is 82.8 Å². The SMILES string of the molecule is CC1=C[C@H](N)C[C@H](c2ccncc2NC(=O)c2ccc(F)c(-c3c(O)cc(C4COC4)cc3F)n2)C1. The highest BCUT2D eigenvalue weighted by molar-refractivity contribution is 6.03. The minimum absolute atomic E-state index is 0.0268. The predicted octanol–water partition coefficient (Wildman–Crippen LogP) is 4.64. The van der Waals surface area contributed by atoms with Crippen LogP contribution in [0.5, 0.6) is 5.75 Å². The second kappa shape index (κ2) is 9.75. The molecular formula is C27H26F2N4O3. The van der Waals surface area contributed by atoms with Crippen LogP contribution in [0.1, 0.15) is 53.2 Å². The molecule has 9 heteroatoms. The normalized spacial score (nSPS) is 19.9. The largest absolute Gasteiger partial charge is 0.507 e. The number of aromatic nitrogens is 2. The molecule has 0 unspecified atom stereocenters. The molecule has 0 spiro atoms. The zero-order valence-electron chi connectivity index (χ0n) is 19.7. The third kappa shape index (κ3) is 4.72. The van der Waals surface area contributed by atoms with Crippen molar-refractivity contribution in [3.8, 4) is 17.0 Å². The molecule has 3 heterocycles. The summed E-state index contributed by atoms with van der Waals surface area (Å²) in [5.74, 6) is -2.67. The van der Waals surface area contributed by atoms with E-state index in [0.29, 0.717) is 24.5 Å². The average molecular weight is 493 g/mol. The molecule has 5 rings (SSSR count). The van der Waals surface area contributed by atoms with Crippen LogP contribution in [0.2, 0.25) is 0 Å². The molecule has 7 nitrogen and oxygen atoms in total. The van der Waals surface area contributed by atoms with Gasteiger partial charge in [0, 0.05) is 18.2 Å². The van der Waals surface area contributed by atoms with Gasteiger partial charge in [0.05, 0.1) is 30.7 Å². The quantitative estimate of drug-likeness (QED) is 0.448. The van der Waals surface area contributed by atoms with Crippen molar-refractivity contribution in [1.82, 2.24) is 9.97 Å². The van der Waals surface area contributed by atoms with Gasteiger partial charge in [0.1, 0.15) is 28.8 Å². The number of nitrogens with zero attached hydrogens (tertiary/aromatic N) is 2. The molecule has 1 aromatic carbocycles. The van der Waals surface area contributed by atoms with Crippen molar-refractivity contribution >= 4 is 11.6 Å². The Labute approximate surface area is 207 Å². The lowest BCUT2D eigenvalue weighted by molar-refractivity contribution is 0.00826. The van der Waals surface area contributed by atoms with Gasteiger partial charge in [-0.15, -0.1) is 0 Å². The van der Waals surface area contributed by atoms with Gasteiger partial charge < -0.3 is 20.9 Å². The highest BCUT2D eigenvalue weighted by Crippen LogP contribution is 2.38. The maximum atomic E-state index is 15.0. The van der Waals surface area contributed by atoms with Crippen molar-refractivity contribution < 1.29 is 23.4 Å². The van der Waals surface area contributed by atoms with E-state index in [-0.39, 0.29) is 23.6 Å². The van der Waals surface area contributed by atoms with Gasteiger partial charge in [0.25, 0.3) is 5.91 Å². The summed E-state index contributed by atoms with van der Waals surface area (Å²) in [6.07, 6.45) is 6.78. The van der Waals surface area contributed by atoms with Crippen LogP contribution >= 0.6 is 0 Å². The highest BCUT2D eigenvalue weighted by atomic mass is 19.1. The molecule has 0 bridgehead atoms. The fraction of sp³-hybridized carbons (Fsp3) is 0.296. The number of phenolic OH excluding ortho intramolecular Hbond substituents is 1. The van der Waals surface area contributed by atoms with Crippen LogP contribution < -0.4 is 11.1 Å². The van der Waals surface area contributed by atoms with Gasteiger partial charge >= 0.3 is 0 Å². The van der Waals surface area contributed by atoms with E-state index in [1.807, 2.05) is 19.1 Å². The second-order valence-corrected chi connectivity index (χ2v) is 9.39. The standard InChI is InChI=1S/C27H26F2N4O3/c1-14-6-16(8-18(30)7-14)19-4-5-31-11-23(19)33-27(35)22-3-2-20(28)26(32-22)25-21(29)9-15(10-24(25)34)17-12-36-13-17/h2-5,7,9-11,16-18,34H,6,8,12-13,30H2,1H3,(H,33,35)/t16-,18+/m1/s1. The van der Waals surface area contributed by atoms with Crippen LogP contribution in [0.15, 0.2) is 54.4 Å². The summed E-state index contributed by atoms with van der Waals surface area (Å²) >= 11 is 0. The third-order valence-corrected chi connectivity index (χ3v) is 6.68. The van der Waals surface area contributed by atoms with Gasteiger partial charge in [-0.3, -0.25) is 9.78 Å². The Morgan fingerprint density at radius 3 is 2.67 bits per heavy atom. The third-order valence-electron chi connectivity index (χ3n) is 6.68. The lowest BCUT2D eigenvalue weighted by atomic mass is 9.82. The summed E-state index contributed by atoms with van der Waals surface area (Å²) in [7, 11) is 0. The van der Waals surface area contributed by atoms with Crippen molar-refractivity contribution in [2.75, 3.05) is 18.5 Å². The number of carbonyl (C=O) groups excluding carboxylic acids is 1. The number of hydrogen-bond donors (Lipinski definition) is 3. The number of aromatic hydroxyl groups is 1. The molecule has 4 N–H and O–H groups in total. The highest BCUT2D eigenvalue weighted by Gasteiger charge is 2.27. The van der Waals surface area contributed by atoms with E-state index in [2.05, 4.69) is 15.3 Å². The van der Waals surface area contributed by atoms with Gasteiger partial charge in [-0.2, -0.15) is 0 Å². The molecule has 2 atom stereocenters. The van der Waals surface area contributed by atoms with Crippen LogP contribution in [-0.2, 0) is 4.74 Å². The van der Waals surface area contributed by atoms with Crippen LogP contribution in [0.4, 0.5) is 14.5 Å². The summed E-state index contributed by atoms with van der Waals surface area (Å²) < 4.78 is 34.8. The molecule has 2 aromatic heterocycles. The van der Waals surface area contributed by atoms with Gasteiger partial charge in [-0.1, -0.05) is 11.6 Å². The number of benzene rings is 1. The summed E-state index contributed by atoms with van der Waals surface area (Å²) in [5.41, 5.74) is 8.32. The van der Waals surface area contributed by atoms with E-state index >= 15 is 0 Å². The molecule has 36 heavy (non-hydrogen) atoms. The Hall–Kier alpha value is -3.69. The Morgan fingerprint density at radius 2 is 1.97 bits per heavy atom. The monoisotopic (exact) mass is 492 g/mol. The van der Waals surface area contributed by atoms with Crippen LogP contribution in [0.25, 0.3) is 11.3 Å². The smallest absolute Gasteiger partial charge is 0.274 e. The van der Waals surface area contributed by atoms with E-state index in [0.717, 1.165) is 24.5 Å². The second-order valence-electron chi connectivity index (χ2n) is 9.39. The number of anilines is 1. The lowest BCUT2D eigenvalue weighted by Crippen LogP contribution is -2.25. The number of ether oxygens (including phenoxy) is 1. The first-order valence-corrected chi connectivity index (χ1v) is 11.8. The molecule has 0 saturated carbocycles. The molecule has 1 aliphatic heterocycles. The average Bonchev–Trinajstić information content (AvgIpc) is 2.78. The number of hydrogen-bond acceptors (Lipinski definition) is 6. The van der Waals surface area contributed by atoms with Gasteiger partial charge in [-0.25, -0.2) is 13.8 Å². The number of pyridine rings is 2. The van der Waals surface area contributed by atoms with E-state index in [9.17, 15) is 18.7 Å². The van der Waals surface area contributed by atoms with Crippen LogP contribution in [0.3, 0.4) is 0 Å². The first kappa shape index (κ1) is 24.0. The minimum atomic E-state index is -0.860. The molecule has 2 aliphatic rings. The van der Waals surface area contributed by atoms with E-state index in [4.69, 9.17) is 10.5 Å². The first-order valence-electron chi connectivity index (χ1n) is 11.8. The number of allylic oxidation sites excluding steroid dienone is 1. The Morgan fingerprint density at radius 1 is 1.17 bits per heavy atom. The number of nitrogens with two attached hydrogens (primary N) is 1. The Kier molecular flexibility index (Phi) is 6.51. The molecule has 3 aromatic rings. The minimum Gasteiger partial charge on any atom is -0.507 e. The fourth-order valence-electron chi connectivity index (χ4n) is 4.85. The van der Waals surface area contributed by atoms with E-state index < -0.39 is 34.5 Å². The molecule has 1 amide bonds. The van der Waals surface area contributed by atoms with E-state index in [1.165, 1.54) is 23.8 Å². The summed E-state index contributed by atoms with van der Waals surface area (Å²) in [6, 6.07) is 6.63. The number of phenols is 1. The van der Waals surface area contributed by atoms with Crippen molar-refractivity contribution in [3.63, 3.8) is 0 Å². The predicted molar refractivity (Wildman–Crippen MR) is 131 cm³/mol. The summed E-state index contributed by atoms with van der Waals surface area (Å²) in [5, 5.41) is 13.3. The maximum absolute atomic E-state index is 15.0. The van der Waals surface area contributed by atoms with Crippen molar-refractivity contribution in [2.45, 2.75) is 37.6 Å². The fourth-order valence-corrected chi connectivity index (χ4v) is 4.85. The van der Waals surface area contributed by atoms with Crippen molar-refractivity contribution in [2.24, 2.45) is 5.73 Å². The Bertz CT molecular complexity index is 1330. The van der Waals surface area contributed by atoms with Crippen LogP contribution in [0, 0.1) is 11.6 Å². The number of amides is 1.